The van der Waals surface area contributed by atoms with Crippen LogP contribution in [-0.4, -0.2) is 35.8 Å². The molecule has 0 saturated carbocycles. The minimum atomic E-state index is -0.287. The summed E-state index contributed by atoms with van der Waals surface area (Å²) in [5, 5.41) is 18.1. The number of para-hydroxylation sites is 2. The van der Waals surface area contributed by atoms with Gasteiger partial charge in [-0.3, -0.25) is 4.79 Å². The maximum atomic E-state index is 12.0. The van der Waals surface area contributed by atoms with Crippen LogP contribution in [0.25, 0.3) is 22.1 Å². The van der Waals surface area contributed by atoms with Crippen molar-refractivity contribution in [1.29, 1.82) is 0 Å². The summed E-state index contributed by atoms with van der Waals surface area (Å²) in [7, 11) is 0. The predicted octanol–water partition coefficient (Wildman–Crippen LogP) is 4.99. The Kier molecular flexibility index (Phi) is 4.47. The molecule has 1 aliphatic heterocycles. The van der Waals surface area contributed by atoms with Gasteiger partial charge >= 0.3 is 0 Å². The van der Waals surface area contributed by atoms with Gasteiger partial charge in [-0.15, -0.1) is 10.2 Å². The zero-order chi connectivity index (χ0) is 24.2. The van der Waals surface area contributed by atoms with Gasteiger partial charge in [0, 0.05) is 22.4 Å². The van der Waals surface area contributed by atoms with E-state index in [0.29, 0.717) is 5.56 Å². The summed E-state index contributed by atoms with van der Waals surface area (Å²) in [6.07, 6.45) is -0.575. The molecule has 0 fully saturated rings. The Bertz CT molecular complexity index is 1650. The first kappa shape index (κ1) is 20.5. The van der Waals surface area contributed by atoms with E-state index in [1.54, 1.807) is 6.92 Å². The Labute approximate surface area is 206 Å². The van der Waals surface area contributed by atoms with Crippen LogP contribution in [0, 0.1) is 0 Å². The van der Waals surface area contributed by atoms with Crippen molar-refractivity contribution in [2.45, 2.75) is 19.3 Å². The van der Waals surface area contributed by atoms with Crippen molar-refractivity contribution in [2.24, 2.45) is 0 Å². The lowest BCUT2D eigenvalue weighted by Crippen LogP contribution is -2.35. The third-order valence-electron chi connectivity index (χ3n) is 6.87. The molecule has 0 spiro atoms. The molecule has 36 heavy (non-hydrogen) atoms. The number of benzene rings is 4. The molecule has 3 heterocycles. The van der Waals surface area contributed by atoms with Crippen LogP contribution in [0.15, 0.2) is 97.1 Å². The minimum absolute atomic E-state index is 0.0314. The van der Waals surface area contributed by atoms with Gasteiger partial charge in [-0.1, -0.05) is 59.0 Å². The average Bonchev–Trinajstić information content (AvgIpc) is 3.62. The van der Waals surface area contributed by atoms with E-state index in [-0.39, 0.29) is 18.1 Å². The molecule has 2 unspecified atom stereocenters. The second-order valence-electron chi connectivity index (χ2n) is 8.93. The van der Waals surface area contributed by atoms with Gasteiger partial charge in [0.1, 0.15) is 11.0 Å². The molecule has 8 heteroatoms. The van der Waals surface area contributed by atoms with E-state index in [4.69, 9.17) is 0 Å². The molecule has 0 bridgehead atoms. The number of hydrogen-bond donors (Lipinski definition) is 0. The third-order valence-corrected chi connectivity index (χ3v) is 6.87. The number of carbonyl (C=O) groups excluding carboxylic acids is 1. The Balaban J connectivity index is 1.51. The standard InChI is InChI=1S/C28H21N7O/c1-18(36)19-14-16-20(17-15-19)33-27(34-25-12-6-4-10-23(25)29-31-34)21-8-2-3-9-22(21)28(33)35-26-13-7-5-11-24(26)30-32-35/h2-17,27-28H,1H3. The van der Waals surface area contributed by atoms with Gasteiger partial charge in [-0.2, -0.15) is 0 Å². The van der Waals surface area contributed by atoms with Crippen molar-refractivity contribution in [1.82, 2.24) is 30.0 Å². The summed E-state index contributed by atoms with van der Waals surface area (Å²) >= 11 is 0. The highest BCUT2D eigenvalue weighted by atomic mass is 16.1. The zero-order valence-electron chi connectivity index (χ0n) is 19.4. The van der Waals surface area contributed by atoms with E-state index in [1.165, 1.54) is 0 Å². The lowest BCUT2D eigenvalue weighted by molar-refractivity contribution is 0.101. The van der Waals surface area contributed by atoms with Crippen molar-refractivity contribution in [2.75, 3.05) is 4.90 Å². The van der Waals surface area contributed by atoms with E-state index in [0.717, 1.165) is 38.9 Å². The van der Waals surface area contributed by atoms with Crippen LogP contribution in [0.4, 0.5) is 5.69 Å². The third kappa shape index (κ3) is 2.97. The van der Waals surface area contributed by atoms with Crippen LogP contribution >= 0.6 is 0 Å². The van der Waals surface area contributed by atoms with Crippen molar-refractivity contribution in [3.05, 3.63) is 114 Å². The summed E-state index contributed by atoms with van der Waals surface area (Å²) in [4.78, 5) is 14.3. The Morgan fingerprint density at radius 2 is 1.11 bits per heavy atom. The number of ketones is 1. The summed E-state index contributed by atoms with van der Waals surface area (Å²) < 4.78 is 3.93. The Morgan fingerprint density at radius 1 is 0.639 bits per heavy atom. The molecular formula is C28H21N7O. The fraction of sp³-hybridized carbons (Fsp3) is 0.107. The molecule has 1 aliphatic rings. The molecule has 2 atom stereocenters. The summed E-state index contributed by atoms with van der Waals surface area (Å²) in [6.45, 7) is 1.58. The predicted molar refractivity (Wildman–Crippen MR) is 137 cm³/mol. The summed E-state index contributed by atoms with van der Waals surface area (Å²) in [5.41, 5.74) is 7.35. The molecule has 2 aromatic heterocycles. The average molecular weight is 472 g/mol. The lowest BCUT2D eigenvalue weighted by atomic mass is 10.1. The van der Waals surface area contributed by atoms with Crippen LogP contribution in [0.5, 0.6) is 0 Å². The number of hydrogen-bond acceptors (Lipinski definition) is 6. The molecule has 0 radical (unpaired) electrons. The first-order valence-corrected chi connectivity index (χ1v) is 11.8. The monoisotopic (exact) mass is 471 g/mol. The smallest absolute Gasteiger partial charge is 0.159 e. The Morgan fingerprint density at radius 3 is 1.61 bits per heavy atom. The van der Waals surface area contributed by atoms with E-state index in [2.05, 4.69) is 37.7 Å². The molecular weight excluding hydrogens is 450 g/mol. The molecule has 8 nitrogen and oxygen atoms in total. The molecule has 7 rings (SSSR count). The molecule has 0 N–H and O–H groups in total. The zero-order valence-corrected chi connectivity index (χ0v) is 19.4. The normalized spacial score (nSPS) is 17.1. The van der Waals surface area contributed by atoms with Gasteiger partial charge < -0.3 is 4.90 Å². The number of fused-ring (bicyclic) bond motifs is 3. The molecule has 6 aromatic rings. The van der Waals surface area contributed by atoms with Gasteiger partial charge in [0.2, 0.25) is 0 Å². The van der Waals surface area contributed by atoms with Crippen LogP contribution in [0.2, 0.25) is 0 Å². The van der Waals surface area contributed by atoms with Crippen LogP contribution in [-0.2, 0) is 0 Å². The van der Waals surface area contributed by atoms with E-state index >= 15 is 0 Å². The highest BCUT2D eigenvalue weighted by molar-refractivity contribution is 5.94. The maximum Gasteiger partial charge on any atom is 0.159 e. The van der Waals surface area contributed by atoms with Crippen molar-refractivity contribution in [3.63, 3.8) is 0 Å². The van der Waals surface area contributed by atoms with Gasteiger partial charge in [0.05, 0.1) is 11.0 Å². The topological polar surface area (TPSA) is 81.7 Å². The first-order valence-electron chi connectivity index (χ1n) is 11.8. The fourth-order valence-electron chi connectivity index (χ4n) is 5.20. The van der Waals surface area contributed by atoms with Crippen LogP contribution in [0.3, 0.4) is 0 Å². The largest absolute Gasteiger partial charge is 0.319 e. The number of Topliss-reactive ketones (excluding diaryl/α,β-unsaturated/α-hetero) is 1. The highest BCUT2D eigenvalue weighted by Crippen LogP contribution is 2.47. The van der Waals surface area contributed by atoms with Gasteiger partial charge in [0.15, 0.2) is 18.1 Å². The fourth-order valence-corrected chi connectivity index (χ4v) is 5.20. The molecule has 0 saturated heterocycles. The molecule has 0 amide bonds. The molecule has 0 aliphatic carbocycles. The van der Waals surface area contributed by atoms with Crippen LogP contribution < -0.4 is 4.90 Å². The van der Waals surface area contributed by atoms with Crippen molar-refractivity contribution < 1.29 is 4.79 Å². The number of carbonyl (C=O) groups is 1. The van der Waals surface area contributed by atoms with Gasteiger partial charge in [-0.05, 0) is 55.5 Å². The summed E-state index contributed by atoms with van der Waals surface area (Å²) in [6, 6.07) is 32.0. The number of anilines is 1. The maximum absolute atomic E-state index is 12.0. The SMILES string of the molecule is CC(=O)c1ccc(N2C(n3nnc4ccccc43)c3ccccc3C2n2nnc3ccccc32)cc1. The first-order chi connectivity index (χ1) is 17.7. The second-order valence-corrected chi connectivity index (χ2v) is 8.93. The quantitative estimate of drug-likeness (QED) is 0.337. The second kappa shape index (κ2) is 7.84. The number of aromatic nitrogens is 6. The van der Waals surface area contributed by atoms with Crippen LogP contribution in [0.1, 0.15) is 40.7 Å². The van der Waals surface area contributed by atoms with Crippen molar-refractivity contribution in [3.8, 4) is 0 Å². The minimum Gasteiger partial charge on any atom is -0.319 e. The molecule has 174 valence electrons. The highest BCUT2D eigenvalue weighted by Gasteiger charge is 2.43. The summed E-state index contributed by atoms with van der Waals surface area (Å²) in [5.74, 6) is 0.0314. The van der Waals surface area contributed by atoms with E-state index < -0.39 is 0 Å². The lowest BCUT2D eigenvalue weighted by Gasteiger charge is -2.33. The Hall–Kier alpha value is -4.85. The van der Waals surface area contributed by atoms with Gasteiger partial charge in [-0.25, -0.2) is 9.36 Å². The number of nitrogens with zero attached hydrogens (tertiary/aromatic N) is 7. The van der Waals surface area contributed by atoms with Gasteiger partial charge in [0.25, 0.3) is 0 Å². The van der Waals surface area contributed by atoms with E-state index in [9.17, 15) is 4.79 Å². The van der Waals surface area contributed by atoms with Crippen molar-refractivity contribution >= 4 is 33.5 Å². The van der Waals surface area contributed by atoms with E-state index in [1.807, 2.05) is 94.3 Å². The number of rotatable bonds is 4. The molecule has 4 aromatic carbocycles.